The number of unbranched alkanes of at least 4 members (excludes halogenated alkanes) is 1. The van der Waals surface area contributed by atoms with Crippen molar-refractivity contribution in [3.63, 3.8) is 0 Å². The molecular formula is C9H11F5O2. The average Bonchev–Trinajstić information content (AvgIpc) is 2.15. The standard InChI is InChI=1S/C9H11F5O2/c1-2-3-4-5-6-16-7(15)8(10,11)9(12,13)14/h2-3H,4-6H2,1H3/b3-2+. The van der Waals surface area contributed by atoms with Gasteiger partial charge >= 0.3 is 18.1 Å². The zero-order chi connectivity index (χ0) is 12.8. The number of ether oxygens (including phenoxy) is 1. The van der Waals surface area contributed by atoms with E-state index >= 15 is 0 Å². The lowest BCUT2D eigenvalue weighted by Crippen LogP contribution is -2.45. The summed E-state index contributed by atoms with van der Waals surface area (Å²) in [5.74, 6) is -7.99. The topological polar surface area (TPSA) is 26.3 Å². The molecule has 0 aliphatic rings. The molecule has 0 heterocycles. The van der Waals surface area contributed by atoms with Gasteiger partial charge in [0.1, 0.15) is 0 Å². The van der Waals surface area contributed by atoms with Crippen LogP contribution in [-0.2, 0) is 9.53 Å². The van der Waals surface area contributed by atoms with Crippen LogP contribution in [0.1, 0.15) is 19.8 Å². The number of halogens is 5. The number of alkyl halides is 5. The van der Waals surface area contributed by atoms with Gasteiger partial charge in [0.15, 0.2) is 0 Å². The minimum Gasteiger partial charge on any atom is -0.461 e. The Kier molecular flexibility index (Phi) is 5.40. The van der Waals surface area contributed by atoms with Crippen LogP contribution in [0.25, 0.3) is 0 Å². The zero-order valence-corrected chi connectivity index (χ0v) is 8.48. The van der Waals surface area contributed by atoms with Crippen LogP contribution in [0.2, 0.25) is 0 Å². The molecular weight excluding hydrogens is 235 g/mol. The van der Waals surface area contributed by atoms with Crippen LogP contribution in [0.5, 0.6) is 0 Å². The molecule has 94 valence electrons. The van der Waals surface area contributed by atoms with Crippen molar-refractivity contribution in [3.8, 4) is 0 Å². The van der Waals surface area contributed by atoms with E-state index < -0.39 is 24.7 Å². The first-order valence-corrected chi connectivity index (χ1v) is 4.46. The molecule has 0 rings (SSSR count). The van der Waals surface area contributed by atoms with Crippen LogP contribution in [0.15, 0.2) is 12.2 Å². The molecule has 0 saturated heterocycles. The third kappa shape index (κ3) is 4.16. The lowest BCUT2D eigenvalue weighted by Gasteiger charge is -2.17. The number of hydrogen-bond donors (Lipinski definition) is 0. The highest BCUT2D eigenvalue weighted by molar-refractivity contribution is 5.78. The lowest BCUT2D eigenvalue weighted by atomic mass is 10.3. The summed E-state index contributed by atoms with van der Waals surface area (Å²) in [4.78, 5) is 10.4. The van der Waals surface area contributed by atoms with E-state index in [1.54, 1.807) is 19.1 Å². The summed E-state index contributed by atoms with van der Waals surface area (Å²) in [5, 5.41) is 0. The van der Waals surface area contributed by atoms with E-state index in [9.17, 15) is 26.7 Å². The lowest BCUT2D eigenvalue weighted by molar-refractivity contribution is -0.280. The fourth-order valence-electron chi connectivity index (χ4n) is 0.739. The molecule has 7 heteroatoms. The van der Waals surface area contributed by atoms with Crippen LogP contribution in [0, 0.1) is 0 Å². The van der Waals surface area contributed by atoms with Gasteiger partial charge in [0.2, 0.25) is 0 Å². The van der Waals surface area contributed by atoms with Crippen molar-refractivity contribution in [2.45, 2.75) is 31.9 Å². The van der Waals surface area contributed by atoms with Crippen molar-refractivity contribution >= 4 is 5.97 Å². The Morgan fingerprint density at radius 3 is 2.25 bits per heavy atom. The fraction of sp³-hybridized carbons (Fsp3) is 0.667. The van der Waals surface area contributed by atoms with Crippen LogP contribution < -0.4 is 0 Å². The van der Waals surface area contributed by atoms with Crippen LogP contribution >= 0.6 is 0 Å². The molecule has 0 saturated carbocycles. The zero-order valence-electron chi connectivity index (χ0n) is 8.48. The highest BCUT2D eigenvalue weighted by Gasteiger charge is 2.64. The Hall–Kier alpha value is -1.14. The molecule has 0 atom stereocenters. The van der Waals surface area contributed by atoms with Gasteiger partial charge in [-0.25, -0.2) is 4.79 Å². The van der Waals surface area contributed by atoms with Gasteiger partial charge in [-0.05, 0) is 19.8 Å². The third-order valence-electron chi connectivity index (χ3n) is 1.60. The van der Waals surface area contributed by atoms with Gasteiger partial charge < -0.3 is 4.74 Å². The predicted molar refractivity (Wildman–Crippen MR) is 46.0 cm³/mol. The Morgan fingerprint density at radius 2 is 1.81 bits per heavy atom. The van der Waals surface area contributed by atoms with Gasteiger partial charge in [-0.3, -0.25) is 0 Å². The number of rotatable bonds is 5. The summed E-state index contributed by atoms with van der Waals surface area (Å²) in [6, 6.07) is 0. The maximum Gasteiger partial charge on any atom is 0.465 e. The maximum atomic E-state index is 12.3. The van der Waals surface area contributed by atoms with Gasteiger partial charge in [-0.15, -0.1) is 0 Å². The Bertz CT molecular complexity index is 257. The quantitative estimate of drug-likeness (QED) is 0.322. The Morgan fingerprint density at radius 1 is 1.25 bits per heavy atom. The molecule has 0 radical (unpaired) electrons. The highest BCUT2D eigenvalue weighted by atomic mass is 19.4. The van der Waals surface area contributed by atoms with E-state index in [1.165, 1.54) is 0 Å². The van der Waals surface area contributed by atoms with Gasteiger partial charge in [-0.2, -0.15) is 22.0 Å². The molecule has 0 amide bonds. The van der Waals surface area contributed by atoms with Crippen molar-refractivity contribution in [1.82, 2.24) is 0 Å². The molecule has 0 aliphatic heterocycles. The van der Waals surface area contributed by atoms with E-state index in [0.717, 1.165) is 0 Å². The second-order valence-corrected chi connectivity index (χ2v) is 2.92. The van der Waals surface area contributed by atoms with Crippen LogP contribution in [-0.4, -0.2) is 24.7 Å². The molecule has 0 unspecified atom stereocenters. The molecule has 2 nitrogen and oxygen atoms in total. The fourth-order valence-corrected chi connectivity index (χ4v) is 0.739. The second-order valence-electron chi connectivity index (χ2n) is 2.92. The van der Waals surface area contributed by atoms with Crippen molar-refractivity contribution in [1.29, 1.82) is 0 Å². The van der Waals surface area contributed by atoms with Crippen molar-refractivity contribution in [3.05, 3.63) is 12.2 Å². The number of carbonyl (C=O) groups is 1. The Balaban J connectivity index is 4.07. The van der Waals surface area contributed by atoms with E-state index in [2.05, 4.69) is 4.74 Å². The first kappa shape index (κ1) is 14.9. The smallest absolute Gasteiger partial charge is 0.461 e. The first-order chi connectivity index (χ1) is 7.23. The van der Waals surface area contributed by atoms with Crippen molar-refractivity contribution in [2.75, 3.05) is 6.61 Å². The van der Waals surface area contributed by atoms with Crippen molar-refractivity contribution < 1.29 is 31.5 Å². The largest absolute Gasteiger partial charge is 0.465 e. The number of hydrogen-bond acceptors (Lipinski definition) is 2. The van der Waals surface area contributed by atoms with Crippen molar-refractivity contribution in [2.24, 2.45) is 0 Å². The molecule has 0 N–H and O–H groups in total. The molecule has 0 aromatic rings. The summed E-state index contributed by atoms with van der Waals surface area (Å²) in [6.07, 6.45) is -1.90. The number of esters is 1. The molecule has 0 aliphatic carbocycles. The molecule has 0 aromatic carbocycles. The minimum atomic E-state index is -5.91. The minimum absolute atomic E-state index is 0.198. The van der Waals surface area contributed by atoms with Gasteiger partial charge in [-0.1, -0.05) is 12.2 Å². The SMILES string of the molecule is C/C=C/CCCOC(=O)C(F)(F)C(F)(F)F. The summed E-state index contributed by atoms with van der Waals surface area (Å²) in [6.45, 7) is 1.26. The number of carbonyl (C=O) groups excluding carboxylic acids is 1. The summed E-state index contributed by atoms with van der Waals surface area (Å²) >= 11 is 0. The van der Waals surface area contributed by atoms with Gasteiger partial charge in [0.05, 0.1) is 6.61 Å². The summed E-state index contributed by atoms with van der Waals surface area (Å²) in [5.41, 5.74) is 0. The second kappa shape index (κ2) is 5.81. The monoisotopic (exact) mass is 246 g/mol. The maximum absolute atomic E-state index is 12.3. The van der Waals surface area contributed by atoms with Crippen LogP contribution in [0.3, 0.4) is 0 Å². The van der Waals surface area contributed by atoms with E-state index in [1.807, 2.05) is 0 Å². The molecule has 0 bridgehead atoms. The normalized spacial score (nSPS) is 13.1. The molecule has 16 heavy (non-hydrogen) atoms. The summed E-state index contributed by atoms with van der Waals surface area (Å²) in [7, 11) is 0. The number of allylic oxidation sites excluding steroid dienone is 2. The highest BCUT2D eigenvalue weighted by Crippen LogP contribution is 2.36. The average molecular weight is 246 g/mol. The Labute approximate surface area is 89.1 Å². The molecule has 0 fully saturated rings. The van der Waals surface area contributed by atoms with Gasteiger partial charge in [0.25, 0.3) is 0 Å². The predicted octanol–water partition coefficient (Wildman–Crippen LogP) is 3.08. The van der Waals surface area contributed by atoms with E-state index in [-0.39, 0.29) is 6.42 Å². The molecule has 0 spiro atoms. The van der Waals surface area contributed by atoms with Crippen LogP contribution in [0.4, 0.5) is 22.0 Å². The van der Waals surface area contributed by atoms with Gasteiger partial charge in [0, 0.05) is 0 Å². The van der Waals surface area contributed by atoms with E-state index in [0.29, 0.717) is 6.42 Å². The third-order valence-corrected chi connectivity index (χ3v) is 1.60. The first-order valence-electron chi connectivity index (χ1n) is 4.46. The molecule has 0 aromatic heterocycles. The van der Waals surface area contributed by atoms with E-state index in [4.69, 9.17) is 0 Å². The summed E-state index contributed by atoms with van der Waals surface area (Å²) < 4.78 is 63.4.